The zero-order valence-corrected chi connectivity index (χ0v) is 13.1. The van der Waals surface area contributed by atoms with Gasteiger partial charge in [0.15, 0.2) is 11.6 Å². The summed E-state index contributed by atoms with van der Waals surface area (Å²) in [5.74, 6) is 0.0753. The SMILES string of the molecule is Cc1nc2ccccc2c(=O)n1CC(O)COc1ccccc1F. The third kappa shape index (κ3) is 3.28. The Bertz CT molecular complexity index is 924. The van der Waals surface area contributed by atoms with Gasteiger partial charge in [0.2, 0.25) is 0 Å². The molecular formula is C18H17FN2O3. The maximum atomic E-state index is 13.5. The number of ether oxygens (including phenoxy) is 1. The van der Waals surface area contributed by atoms with Gasteiger partial charge in [-0.05, 0) is 31.2 Å². The van der Waals surface area contributed by atoms with Crippen molar-refractivity contribution in [3.8, 4) is 5.75 Å². The summed E-state index contributed by atoms with van der Waals surface area (Å²) >= 11 is 0. The molecule has 1 aromatic heterocycles. The van der Waals surface area contributed by atoms with Crippen LogP contribution < -0.4 is 10.3 Å². The first-order chi connectivity index (χ1) is 11.6. The van der Waals surface area contributed by atoms with Crippen LogP contribution in [0.2, 0.25) is 0 Å². The Hall–Kier alpha value is -2.73. The standard InChI is InChI=1S/C18H17FN2O3/c1-12-20-16-8-4-2-6-14(16)18(23)21(12)10-13(22)11-24-17-9-5-3-7-15(17)19/h2-9,13,22H,10-11H2,1H3. The van der Waals surface area contributed by atoms with Gasteiger partial charge in [0.05, 0.1) is 17.4 Å². The molecule has 1 N–H and O–H groups in total. The number of benzene rings is 2. The van der Waals surface area contributed by atoms with Gasteiger partial charge in [-0.3, -0.25) is 9.36 Å². The molecule has 0 bridgehead atoms. The lowest BCUT2D eigenvalue weighted by Gasteiger charge is -2.16. The molecule has 0 aliphatic heterocycles. The van der Waals surface area contributed by atoms with Crippen LogP contribution in [-0.2, 0) is 6.54 Å². The minimum absolute atomic E-state index is 0.0248. The number of aromatic nitrogens is 2. The summed E-state index contributed by atoms with van der Waals surface area (Å²) in [5.41, 5.74) is 0.399. The highest BCUT2D eigenvalue weighted by Crippen LogP contribution is 2.15. The van der Waals surface area contributed by atoms with E-state index in [4.69, 9.17) is 4.74 Å². The van der Waals surface area contributed by atoms with Gasteiger partial charge in [-0.1, -0.05) is 24.3 Å². The molecule has 0 aliphatic carbocycles. The second kappa shape index (κ2) is 6.80. The molecule has 1 atom stereocenters. The summed E-state index contributed by atoms with van der Waals surface area (Å²) in [6, 6.07) is 13.0. The van der Waals surface area contributed by atoms with Crippen molar-refractivity contribution in [3.05, 3.63) is 70.5 Å². The van der Waals surface area contributed by atoms with Gasteiger partial charge in [0, 0.05) is 0 Å². The van der Waals surface area contributed by atoms with Crippen molar-refractivity contribution < 1.29 is 14.2 Å². The van der Waals surface area contributed by atoms with E-state index < -0.39 is 11.9 Å². The van der Waals surface area contributed by atoms with Crippen molar-refractivity contribution in [2.45, 2.75) is 19.6 Å². The summed E-state index contributed by atoms with van der Waals surface area (Å²) in [6.45, 7) is 1.61. The fraction of sp³-hybridized carbons (Fsp3) is 0.222. The Morgan fingerprint density at radius 3 is 2.71 bits per heavy atom. The van der Waals surface area contributed by atoms with E-state index in [2.05, 4.69) is 4.98 Å². The van der Waals surface area contributed by atoms with Crippen LogP contribution in [0.25, 0.3) is 10.9 Å². The number of fused-ring (bicyclic) bond motifs is 1. The lowest BCUT2D eigenvalue weighted by Crippen LogP contribution is -2.32. The molecule has 1 unspecified atom stereocenters. The number of aliphatic hydroxyl groups is 1. The molecule has 2 aromatic carbocycles. The first-order valence-corrected chi connectivity index (χ1v) is 7.58. The monoisotopic (exact) mass is 328 g/mol. The lowest BCUT2D eigenvalue weighted by molar-refractivity contribution is 0.0889. The van der Waals surface area contributed by atoms with E-state index in [1.807, 2.05) is 6.07 Å². The summed E-state index contributed by atoms with van der Waals surface area (Å²) in [5, 5.41) is 10.6. The van der Waals surface area contributed by atoms with Crippen LogP contribution in [0.4, 0.5) is 4.39 Å². The highest BCUT2D eigenvalue weighted by Gasteiger charge is 2.13. The van der Waals surface area contributed by atoms with E-state index in [1.54, 1.807) is 37.3 Å². The minimum Gasteiger partial charge on any atom is -0.488 e. The molecule has 0 amide bonds. The average molecular weight is 328 g/mol. The lowest BCUT2D eigenvalue weighted by atomic mass is 10.2. The molecule has 0 radical (unpaired) electrons. The predicted octanol–water partition coefficient (Wildman–Crippen LogP) is 2.28. The number of para-hydroxylation sites is 2. The first kappa shape index (κ1) is 16.1. The number of rotatable bonds is 5. The molecule has 6 heteroatoms. The maximum absolute atomic E-state index is 13.5. The van der Waals surface area contributed by atoms with Crippen LogP contribution in [0.5, 0.6) is 5.75 Å². The molecule has 124 valence electrons. The van der Waals surface area contributed by atoms with Gasteiger partial charge in [-0.15, -0.1) is 0 Å². The van der Waals surface area contributed by atoms with Gasteiger partial charge in [-0.2, -0.15) is 0 Å². The molecular weight excluding hydrogens is 311 g/mol. The Morgan fingerprint density at radius 1 is 1.21 bits per heavy atom. The number of aliphatic hydroxyl groups excluding tert-OH is 1. The second-order valence-electron chi connectivity index (χ2n) is 5.49. The maximum Gasteiger partial charge on any atom is 0.261 e. The van der Waals surface area contributed by atoms with Gasteiger partial charge in [0.1, 0.15) is 18.5 Å². The van der Waals surface area contributed by atoms with E-state index in [0.29, 0.717) is 16.7 Å². The van der Waals surface area contributed by atoms with Crippen LogP contribution in [0.3, 0.4) is 0 Å². The van der Waals surface area contributed by atoms with E-state index in [9.17, 15) is 14.3 Å². The third-order valence-electron chi connectivity index (χ3n) is 3.71. The summed E-state index contributed by atoms with van der Waals surface area (Å²) < 4.78 is 20.2. The molecule has 3 rings (SSSR count). The molecule has 1 heterocycles. The fourth-order valence-corrected chi connectivity index (χ4v) is 2.51. The van der Waals surface area contributed by atoms with E-state index in [-0.39, 0.29) is 24.5 Å². The largest absolute Gasteiger partial charge is 0.488 e. The predicted molar refractivity (Wildman–Crippen MR) is 88.6 cm³/mol. The van der Waals surface area contributed by atoms with Gasteiger partial charge in [0.25, 0.3) is 5.56 Å². The zero-order valence-electron chi connectivity index (χ0n) is 13.1. The van der Waals surface area contributed by atoms with E-state index in [1.165, 1.54) is 16.7 Å². The molecule has 24 heavy (non-hydrogen) atoms. The zero-order chi connectivity index (χ0) is 17.1. The van der Waals surface area contributed by atoms with Crippen LogP contribution >= 0.6 is 0 Å². The number of nitrogens with zero attached hydrogens (tertiary/aromatic N) is 2. The Balaban J connectivity index is 1.77. The number of halogens is 1. The summed E-state index contributed by atoms with van der Waals surface area (Å²) in [7, 11) is 0. The van der Waals surface area contributed by atoms with Crippen LogP contribution in [0, 0.1) is 12.7 Å². The summed E-state index contributed by atoms with van der Waals surface area (Å²) in [4.78, 5) is 16.9. The average Bonchev–Trinajstić information content (AvgIpc) is 2.58. The van der Waals surface area contributed by atoms with Crippen LogP contribution in [0.15, 0.2) is 53.3 Å². The highest BCUT2D eigenvalue weighted by molar-refractivity contribution is 5.77. The topological polar surface area (TPSA) is 64.4 Å². The van der Waals surface area contributed by atoms with Crippen molar-refractivity contribution >= 4 is 10.9 Å². The van der Waals surface area contributed by atoms with Crippen LogP contribution in [-0.4, -0.2) is 27.4 Å². The van der Waals surface area contributed by atoms with E-state index >= 15 is 0 Å². The number of aryl methyl sites for hydroxylation is 1. The molecule has 5 nitrogen and oxygen atoms in total. The Kier molecular flexibility index (Phi) is 4.57. The van der Waals surface area contributed by atoms with Crippen LogP contribution in [0.1, 0.15) is 5.82 Å². The first-order valence-electron chi connectivity index (χ1n) is 7.58. The van der Waals surface area contributed by atoms with Crippen molar-refractivity contribution in [2.75, 3.05) is 6.61 Å². The van der Waals surface area contributed by atoms with Gasteiger partial charge >= 0.3 is 0 Å². The quantitative estimate of drug-likeness (QED) is 0.780. The van der Waals surface area contributed by atoms with Crippen molar-refractivity contribution in [3.63, 3.8) is 0 Å². The third-order valence-corrected chi connectivity index (χ3v) is 3.71. The molecule has 3 aromatic rings. The van der Waals surface area contributed by atoms with E-state index in [0.717, 1.165) is 0 Å². The fourth-order valence-electron chi connectivity index (χ4n) is 2.51. The highest BCUT2D eigenvalue weighted by atomic mass is 19.1. The van der Waals surface area contributed by atoms with Crippen molar-refractivity contribution in [2.24, 2.45) is 0 Å². The second-order valence-corrected chi connectivity index (χ2v) is 5.49. The summed E-state index contributed by atoms with van der Waals surface area (Å²) in [6.07, 6.45) is -0.969. The van der Waals surface area contributed by atoms with Gasteiger partial charge in [-0.25, -0.2) is 9.37 Å². The number of hydrogen-bond donors (Lipinski definition) is 1. The van der Waals surface area contributed by atoms with Crippen molar-refractivity contribution in [1.29, 1.82) is 0 Å². The molecule has 0 saturated carbocycles. The van der Waals surface area contributed by atoms with Crippen molar-refractivity contribution in [1.82, 2.24) is 9.55 Å². The minimum atomic E-state index is -0.969. The molecule has 0 spiro atoms. The smallest absolute Gasteiger partial charge is 0.261 e. The Morgan fingerprint density at radius 2 is 1.92 bits per heavy atom. The number of hydrogen-bond acceptors (Lipinski definition) is 4. The van der Waals surface area contributed by atoms with Gasteiger partial charge < -0.3 is 9.84 Å². The Labute approximate surface area is 138 Å². The molecule has 0 aliphatic rings. The molecule has 0 saturated heterocycles. The normalized spacial score (nSPS) is 12.3. The molecule has 0 fully saturated rings.